The van der Waals surface area contributed by atoms with Crippen LogP contribution in [0.4, 0.5) is 13.2 Å². The molecular formula is C16H22F3N5O2S. The Morgan fingerprint density at radius 3 is 2.56 bits per heavy atom. The van der Waals surface area contributed by atoms with Crippen LogP contribution in [0.3, 0.4) is 0 Å². The second-order valence-electron chi connectivity index (χ2n) is 7.08. The lowest BCUT2D eigenvalue weighted by atomic mass is 10.2. The van der Waals surface area contributed by atoms with Crippen molar-refractivity contribution in [1.29, 1.82) is 0 Å². The van der Waals surface area contributed by atoms with Crippen molar-refractivity contribution < 1.29 is 21.6 Å². The predicted octanol–water partition coefficient (Wildman–Crippen LogP) is 2.44. The molecular weight excluding hydrogens is 383 g/mol. The highest BCUT2D eigenvalue weighted by atomic mass is 32.2. The molecule has 0 aliphatic heterocycles. The van der Waals surface area contributed by atoms with Gasteiger partial charge < -0.3 is 0 Å². The quantitative estimate of drug-likeness (QED) is 0.767. The van der Waals surface area contributed by atoms with Gasteiger partial charge in [-0.2, -0.15) is 23.4 Å². The zero-order valence-electron chi connectivity index (χ0n) is 15.3. The van der Waals surface area contributed by atoms with E-state index in [1.807, 2.05) is 0 Å². The normalized spacial score (nSPS) is 16.7. The number of alkyl halides is 3. The van der Waals surface area contributed by atoms with Crippen LogP contribution in [-0.4, -0.2) is 34.5 Å². The molecule has 1 saturated carbocycles. The van der Waals surface area contributed by atoms with Crippen molar-refractivity contribution in [2.24, 2.45) is 13.0 Å². The van der Waals surface area contributed by atoms with Crippen LogP contribution in [0, 0.1) is 12.8 Å². The van der Waals surface area contributed by atoms with E-state index in [2.05, 4.69) is 14.9 Å². The number of sulfonamides is 1. The summed E-state index contributed by atoms with van der Waals surface area (Å²) in [6.07, 6.45) is -1.51. The van der Waals surface area contributed by atoms with E-state index in [1.54, 1.807) is 20.9 Å². The van der Waals surface area contributed by atoms with E-state index in [0.29, 0.717) is 11.4 Å². The van der Waals surface area contributed by atoms with Crippen LogP contribution in [0.1, 0.15) is 42.8 Å². The maximum absolute atomic E-state index is 13.0. The van der Waals surface area contributed by atoms with Crippen LogP contribution in [0.5, 0.6) is 0 Å². The smallest absolute Gasteiger partial charge is 0.272 e. The Balaban J connectivity index is 1.68. The van der Waals surface area contributed by atoms with E-state index in [1.165, 1.54) is 15.6 Å². The molecule has 7 nitrogen and oxygen atoms in total. The lowest BCUT2D eigenvalue weighted by molar-refractivity contribution is -0.141. The molecule has 2 aromatic rings. The molecule has 0 radical (unpaired) electrons. The molecule has 1 aliphatic rings. The minimum Gasteiger partial charge on any atom is -0.272 e. The van der Waals surface area contributed by atoms with Gasteiger partial charge in [-0.1, -0.05) is 6.92 Å². The summed E-state index contributed by atoms with van der Waals surface area (Å²) in [4.78, 5) is 0.0920. The summed E-state index contributed by atoms with van der Waals surface area (Å²) in [5, 5.41) is 7.62. The molecule has 0 saturated heterocycles. The van der Waals surface area contributed by atoms with E-state index in [4.69, 9.17) is 0 Å². The molecule has 1 N–H and O–H groups in total. The van der Waals surface area contributed by atoms with Crippen LogP contribution >= 0.6 is 0 Å². The maximum Gasteiger partial charge on any atom is 0.435 e. The van der Waals surface area contributed by atoms with Crippen LogP contribution in [0.25, 0.3) is 0 Å². The highest BCUT2D eigenvalue weighted by Crippen LogP contribution is 2.42. The number of rotatable bonds is 7. The number of halogens is 3. The molecule has 3 rings (SSSR count). The minimum atomic E-state index is -4.49. The first-order valence-corrected chi connectivity index (χ1v) is 10.1. The van der Waals surface area contributed by atoms with Gasteiger partial charge in [0.25, 0.3) is 0 Å². The number of hydrogen-bond acceptors (Lipinski definition) is 4. The van der Waals surface area contributed by atoms with Gasteiger partial charge in [-0.15, -0.1) is 0 Å². The van der Waals surface area contributed by atoms with E-state index in [-0.39, 0.29) is 29.8 Å². The SMILES string of the molecule is Cc1c(S(=O)(=O)NC[C@H](C)Cn2nc(C(F)(F)F)cc2C2CC2)cnn1C. The zero-order chi connectivity index (χ0) is 20.0. The molecule has 0 bridgehead atoms. The van der Waals surface area contributed by atoms with E-state index in [9.17, 15) is 21.6 Å². The number of aromatic nitrogens is 4. The van der Waals surface area contributed by atoms with Crippen LogP contribution in [0.2, 0.25) is 0 Å². The molecule has 11 heteroatoms. The lowest BCUT2D eigenvalue weighted by Gasteiger charge is -2.15. The highest BCUT2D eigenvalue weighted by molar-refractivity contribution is 7.89. The highest BCUT2D eigenvalue weighted by Gasteiger charge is 2.38. The van der Waals surface area contributed by atoms with Crippen LogP contribution in [0.15, 0.2) is 17.2 Å². The van der Waals surface area contributed by atoms with Gasteiger partial charge in [-0.05, 0) is 31.7 Å². The van der Waals surface area contributed by atoms with Gasteiger partial charge in [-0.25, -0.2) is 13.1 Å². The molecule has 0 unspecified atom stereocenters. The summed E-state index contributed by atoms with van der Waals surface area (Å²) in [5.74, 6) is -0.134. The first kappa shape index (κ1) is 19.9. The lowest BCUT2D eigenvalue weighted by Crippen LogP contribution is -2.30. The monoisotopic (exact) mass is 405 g/mol. The molecule has 1 aliphatic carbocycles. The molecule has 27 heavy (non-hydrogen) atoms. The Hall–Kier alpha value is -1.88. The van der Waals surface area contributed by atoms with Crippen molar-refractivity contribution >= 4 is 10.0 Å². The second kappa shape index (κ2) is 6.93. The maximum atomic E-state index is 13.0. The summed E-state index contributed by atoms with van der Waals surface area (Å²) >= 11 is 0. The summed E-state index contributed by atoms with van der Waals surface area (Å²) < 4.78 is 69.0. The summed E-state index contributed by atoms with van der Waals surface area (Å²) in [6, 6.07) is 1.10. The van der Waals surface area contributed by atoms with Gasteiger partial charge in [0.15, 0.2) is 5.69 Å². The van der Waals surface area contributed by atoms with Gasteiger partial charge >= 0.3 is 6.18 Å². The van der Waals surface area contributed by atoms with Crippen molar-refractivity contribution in [1.82, 2.24) is 24.3 Å². The Bertz CT molecular complexity index is 928. The van der Waals surface area contributed by atoms with Gasteiger partial charge in [0.05, 0.1) is 11.9 Å². The first-order valence-electron chi connectivity index (χ1n) is 8.62. The largest absolute Gasteiger partial charge is 0.435 e. The van der Waals surface area contributed by atoms with Gasteiger partial charge in [0, 0.05) is 31.7 Å². The number of nitrogens with zero attached hydrogens (tertiary/aromatic N) is 4. The van der Waals surface area contributed by atoms with E-state index in [0.717, 1.165) is 18.9 Å². The molecule has 0 aromatic carbocycles. The fourth-order valence-electron chi connectivity index (χ4n) is 2.86. The first-order chi connectivity index (χ1) is 12.5. The summed E-state index contributed by atoms with van der Waals surface area (Å²) in [6.45, 7) is 3.71. The number of nitrogens with one attached hydrogen (secondary N) is 1. The molecule has 1 atom stereocenters. The van der Waals surface area contributed by atoms with Gasteiger partial charge in [-0.3, -0.25) is 9.36 Å². The number of hydrogen-bond donors (Lipinski definition) is 1. The Morgan fingerprint density at radius 2 is 2.04 bits per heavy atom. The third-order valence-electron chi connectivity index (χ3n) is 4.68. The van der Waals surface area contributed by atoms with Gasteiger partial charge in [0.2, 0.25) is 10.0 Å². The Kier molecular flexibility index (Phi) is 5.10. The molecule has 2 heterocycles. The average molecular weight is 405 g/mol. The van der Waals surface area contributed by atoms with Crippen LogP contribution in [-0.2, 0) is 29.8 Å². The standard InChI is InChI=1S/C16H22F3N5O2S/c1-10(7-21-27(25,26)14-8-20-23(3)11(14)2)9-24-13(12-4-5-12)6-15(22-24)16(17,18)19/h6,8,10,12,21H,4-5,7,9H2,1-3H3/t10-/m0/s1. The minimum absolute atomic E-state index is 0.0853. The van der Waals surface area contributed by atoms with Crippen LogP contribution < -0.4 is 4.72 Å². The summed E-state index contributed by atoms with van der Waals surface area (Å²) in [5.41, 5.74) is 0.177. The molecule has 0 spiro atoms. The third-order valence-corrected chi connectivity index (χ3v) is 6.21. The van der Waals surface area contributed by atoms with Crippen molar-refractivity contribution in [3.8, 4) is 0 Å². The van der Waals surface area contributed by atoms with E-state index >= 15 is 0 Å². The Labute approximate surface area is 155 Å². The van der Waals surface area contributed by atoms with Crippen molar-refractivity contribution in [2.45, 2.75) is 50.2 Å². The molecule has 150 valence electrons. The summed E-state index contributed by atoms with van der Waals surface area (Å²) in [7, 11) is -2.09. The van der Waals surface area contributed by atoms with E-state index < -0.39 is 21.9 Å². The molecule has 1 fully saturated rings. The van der Waals surface area contributed by atoms with Crippen molar-refractivity contribution in [2.75, 3.05) is 6.54 Å². The fourth-order valence-corrected chi connectivity index (χ4v) is 4.22. The third kappa shape index (κ3) is 4.34. The fraction of sp³-hybridized carbons (Fsp3) is 0.625. The zero-order valence-corrected chi connectivity index (χ0v) is 16.1. The van der Waals surface area contributed by atoms with Crippen molar-refractivity contribution in [3.63, 3.8) is 0 Å². The second-order valence-corrected chi connectivity index (χ2v) is 8.82. The predicted molar refractivity (Wildman–Crippen MR) is 91.5 cm³/mol. The average Bonchev–Trinajstić information content (AvgIpc) is 3.23. The van der Waals surface area contributed by atoms with Crippen molar-refractivity contribution in [3.05, 3.63) is 29.3 Å². The topological polar surface area (TPSA) is 81.8 Å². The number of aryl methyl sites for hydroxylation is 1. The Morgan fingerprint density at radius 1 is 1.37 bits per heavy atom. The molecule has 0 amide bonds. The van der Waals surface area contributed by atoms with Gasteiger partial charge in [0.1, 0.15) is 4.90 Å². The molecule has 2 aromatic heterocycles.